The Morgan fingerprint density at radius 1 is 1.18 bits per heavy atom. The highest BCUT2D eigenvalue weighted by molar-refractivity contribution is 6.31. The number of amides is 2. The average molecular weight is 471 g/mol. The summed E-state index contributed by atoms with van der Waals surface area (Å²) in [5.74, 6) is -0.740. The number of hydrogen-bond donors (Lipinski definition) is 2. The number of rotatable bonds is 6. The first-order chi connectivity index (χ1) is 15.8. The third kappa shape index (κ3) is 5.61. The number of nitrogens with zero attached hydrogens (tertiary/aromatic N) is 2. The summed E-state index contributed by atoms with van der Waals surface area (Å²) in [4.78, 5) is 29.0. The number of halogens is 2. The van der Waals surface area contributed by atoms with E-state index in [1.54, 1.807) is 30.4 Å². The molecule has 0 radical (unpaired) electrons. The molecule has 2 atom stereocenters. The summed E-state index contributed by atoms with van der Waals surface area (Å²) in [7, 11) is 0. The van der Waals surface area contributed by atoms with Gasteiger partial charge >= 0.3 is 0 Å². The molecular formula is C25H28ClFN4O2. The van der Waals surface area contributed by atoms with Crippen LogP contribution in [0.15, 0.2) is 42.5 Å². The fraction of sp³-hybridized carbons (Fsp3) is 0.360. The highest BCUT2D eigenvalue weighted by atomic mass is 35.5. The Kier molecular flexibility index (Phi) is 7.12. The zero-order valence-corrected chi connectivity index (χ0v) is 19.3. The third-order valence-electron chi connectivity index (χ3n) is 6.25. The lowest BCUT2D eigenvalue weighted by atomic mass is 9.99. The third-order valence-corrected chi connectivity index (χ3v) is 6.66. The Bertz CT molecular complexity index is 1060. The molecule has 4 rings (SSSR count). The molecule has 2 unspecified atom stereocenters. The number of aryl methyl sites for hydroxylation is 1. The van der Waals surface area contributed by atoms with Crippen molar-refractivity contribution in [3.05, 3.63) is 75.6 Å². The number of hydrogen-bond acceptors (Lipinski definition) is 4. The molecule has 2 fully saturated rings. The van der Waals surface area contributed by atoms with Crippen LogP contribution in [0.1, 0.15) is 22.3 Å². The topological polar surface area (TPSA) is 78.7 Å². The minimum absolute atomic E-state index is 0.0483. The van der Waals surface area contributed by atoms with Crippen molar-refractivity contribution in [2.24, 2.45) is 5.73 Å². The Balaban J connectivity index is 1.48. The largest absolute Gasteiger partial charge is 0.369 e. The van der Waals surface area contributed by atoms with Gasteiger partial charge < -0.3 is 16.0 Å². The number of fused-ring (bicyclic) bond motifs is 2. The van der Waals surface area contributed by atoms with Gasteiger partial charge in [0, 0.05) is 43.8 Å². The van der Waals surface area contributed by atoms with Crippen molar-refractivity contribution in [2.45, 2.75) is 32.0 Å². The first-order valence-corrected chi connectivity index (χ1v) is 11.4. The SMILES string of the molecule is Cc1cc(/C=C/C(=O)N2C3CNCC2CN(Cc2ccc(F)cc2)C3)c(CC(N)=O)cc1Cl. The number of piperazine rings is 2. The number of nitrogens with two attached hydrogens (primary N) is 1. The van der Waals surface area contributed by atoms with Gasteiger partial charge in [-0.15, -0.1) is 0 Å². The highest BCUT2D eigenvalue weighted by Gasteiger charge is 2.39. The predicted octanol–water partition coefficient (Wildman–Crippen LogP) is 2.51. The zero-order chi connectivity index (χ0) is 23.5. The molecule has 174 valence electrons. The van der Waals surface area contributed by atoms with E-state index in [4.69, 9.17) is 17.3 Å². The van der Waals surface area contributed by atoms with E-state index >= 15 is 0 Å². The second-order valence-electron chi connectivity index (χ2n) is 8.81. The van der Waals surface area contributed by atoms with Gasteiger partial charge in [0.15, 0.2) is 0 Å². The van der Waals surface area contributed by atoms with E-state index in [1.807, 2.05) is 17.9 Å². The van der Waals surface area contributed by atoms with E-state index in [9.17, 15) is 14.0 Å². The van der Waals surface area contributed by atoms with Gasteiger partial charge in [-0.1, -0.05) is 29.8 Å². The van der Waals surface area contributed by atoms with Gasteiger partial charge in [0.05, 0.1) is 18.5 Å². The number of carbonyl (C=O) groups is 2. The molecule has 8 heteroatoms. The summed E-state index contributed by atoms with van der Waals surface area (Å²) < 4.78 is 13.2. The number of primary amides is 1. The van der Waals surface area contributed by atoms with E-state index in [-0.39, 0.29) is 30.2 Å². The van der Waals surface area contributed by atoms with Crippen LogP contribution in [0.25, 0.3) is 6.08 Å². The van der Waals surface area contributed by atoms with Crippen molar-refractivity contribution in [1.82, 2.24) is 15.1 Å². The molecule has 3 N–H and O–H groups in total. The van der Waals surface area contributed by atoms with Crippen LogP contribution in [-0.4, -0.2) is 59.9 Å². The fourth-order valence-electron chi connectivity index (χ4n) is 4.71. The zero-order valence-electron chi connectivity index (χ0n) is 18.6. The Hall–Kier alpha value is -2.74. The maximum absolute atomic E-state index is 13.2. The van der Waals surface area contributed by atoms with Crippen molar-refractivity contribution >= 4 is 29.5 Å². The molecule has 0 saturated carbocycles. The van der Waals surface area contributed by atoms with Crippen LogP contribution in [0.3, 0.4) is 0 Å². The molecule has 2 aromatic carbocycles. The van der Waals surface area contributed by atoms with Crippen molar-refractivity contribution in [1.29, 1.82) is 0 Å². The Morgan fingerprint density at radius 3 is 2.48 bits per heavy atom. The monoisotopic (exact) mass is 470 g/mol. The first kappa shape index (κ1) is 23.4. The predicted molar refractivity (Wildman–Crippen MR) is 127 cm³/mol. The van der Waals surface area contributed by atoms with Gasteiger partial charge in [0.1, 0.15) is 5.82 Å². The molecule has 6 nitrogen and oxygen atoms in total. The summed E-state index contributed by atoms with van der Waals surface area (Å²) in [5.41, 5.74) is 8.77. The molecule has 2 aromatic rings. The summed E-state index contributed by atoms with van der Waals surface area (Å²) in [6.45, 7) is 5.55. The summed E-state index contributed by atoms with van der Waals surface area (Å²) in [6.07, 6.45) is 3.39. The quantitative estimate of drug-likeness (QED) is 0.636. The molecule has 2 aliphatic rings. The van der Waals surface area contributed by atoms with Crippen LogP contribution in [0.5, 0.6) is 0 Å². The number of benzene rings is 2. The smallest absolute Gasteiger partial charge is 0.247 e. The minimum atomic E-state index is -0.450. The molecule has 0 aromatic heterocycles. The normalized spacial score (nSPS) is 20.9. The van der Waals surface area contributed by atoms with Crippen molar-refractivity contribution in [3.63, 3.8) is 0 Å². The van der Waals surface area contributed by atoms with Crippen LogP contribution in [0.2, 0.25) is 5.02 Å². The van der Waals surface area contributed by atoms with Gasteiger partial charge in [0.25, 0.3) is 0 Å². The lowest BCUT2D eigenvalue weighted by Crippen LogP contribution is -2.68. The van der Waals surface area contributed by atoms with E-state index in [0.717, 1.165) is 49.4 Å². The fourth-order valence-corrected chi connectivity index (χ4v) is 4.90. The molecule has 33 heavy (non-hydrogen) atoms. The van der Waals surface area contributed by atoms with Crippen molar-refractivity contribution in [3.8, 4) is 0 Å². The van der Waals surface area contributed by atoms with Crippen LogP contribution < -0.4 is 11.1 Å². The standard InChI is InChI=1S/C25H28ClFN4O2/c1-16-8-18(19(9-23(16)26)10-24(28)32)4-7-25(33)31-21-11-29-12-22(31)15-30(14-21)13-17-2-5-20(27)6-3-17/h2-9,21-22,29H,10-15H2,1H3,(H2,28,32)/b7-4+. The lowest BCUT2D eigenvalue weighted by molar-refractivity contribution is -0.136. The Labute approximate surface area is 198 Å². The number of carbonyl (C=O) groups excluding carboxylic acids is 2. The van der Waals surface area contributed by atoms with Gasteiger partial charge in [-0.25, -0.2) is 4.39 Å². The van der Waals surface area contributed by atoms with Crippen LogP contribution in [0, 0.1) is 12.7 Å². The van der Waals surface area contributed by atoms with Gasteiger partial charge in [0.2, 0.25) is 11.8 Å². The van der Waals surface area contributed by atoms with E-state index in [0.29, 0.717) is 10.6 Å². The Morgan fingerprint density at radius 2 is 1.85 bits per heavy atom. The molecule has 2 aliphatic heterocycles. The molecule has 2 saturated heterocycles. The minimum Gasteiger partial charge on any atom is -0.369 e. The maximum Gasteiger partial charge on any atom is 0.247 e. The van der Waals surface area contributed by atoms with Crippen molar-refractivity contribution < 1.29 is 14.0 Å². The summed E-state index contributed by atoms with van der Waals surface area (Å²) in [6, 6.07) is 10.3. The maximum atomic E-state index is 13.2. The van der Waals surface area contributed by atoms with Gasteiger partial charge in [-0.2, -0.15) is 0 Å². The molecule has 0 aliphatic carbocycles. The second kappa shape index (κ2) is 10.0. The average Bonchev–Trinajstić information content (AvgIpc) is 2.75. The molecular weight excluding hydrogens is 443 g/mol. The second-order valence-corrected chi connectivity index (χ2v) is 9.22. The van der Waals surface area contributed by atoms with E-state index < -0.39 is 5.91 Å². The lowest BCUT2D eigenvalue weighted by Gasteiger charge is -2.50. The van der Waals surface area contributed by atoms with Crippen LogP contribution in [0.4, 0.5) is 4.39 Å². The van der Waals surface area contributed by atoms with Crippen molar-refractivity contribution in [2.75, 3.05) is 26.2 Å². The number of nitrogens with one attached hydrogen (secondary N) is 1. The van der Waals surface area contributed by atoms with E-state index in [1.165, 1.54) is 12.1 Å². The van der Waals surface area contributed by atoms with Crippen LogP contribution >= 0.6 is 11.6 Å². The summed E-state index contributed by atoms with van der Waals surface area (Å²) in [5, 5.41) is 3.98. The first-order valence-electron chi connectivity index (χ1n) is 11.1. The molecule has 2 bridgehead atoms. The van der Waals surface area contributed by atoms with E-state index in [2.05, 4.69) is 10.2 Å². The summed E-state index contributed by atoms with van der Waals surface area (Å²) >= 11 is 6.22. The van der Waals surface area contributed by atoms with Crippen LogP contribution in [-0.2, 0) is 22.6 Å². The molecule has 2 heterocycles. The molecule has 0 spiro atoms. The van der Waals surface area contributed by atoms with Gasteiger partial charge in [-0.05, 0) is 53.5 Å². The van der Waals surface area contributed by atoms with Gasteiger partial charge in [-0.3, -0.25) is 14.5 Å². The molecule has 2 amide bonds. The highest BCUT2D eigenvalue weighted by Crippen LogP contribution is 2.24.